The Morgan fingerprint density at radius 1 is 1.28 bits per heavy atom. The number of nitrogen functional groups attached to an aromatic ring is 1. The van der Waals surface area contributed by atoms with E-state index in [-0.39, 0.29) is 28.8 Å². The minimum atomic E-state index is -4.60. The first kappa shape index (κ1) is 22.5. The van der Waals surface area contributed by atoms with Crippen LogP contribution in [0.25, 0.3) is 0 Å². The van der Waals surface area contributed by atoms with Crippen molar-refractivity contribution in [2.24, 2.45) is 0 Å². The predicted molar refractivity (Wildman–Crippen MR) is 102 cm³/mol. The fraction of sp³-hybridized carbons (Fsp3) is 0.333. The molecule has 0 unspecified atom stereocenters. The normalized spacial score (nSPS) is 12.3. The molecule has 0 aliphatic carbocycles. The summed E-state index contributed by atoms with van der Waals surface area (Å²) < 4.78 is 44.1. The van der Waals surface area contributed by atoms with Gasteiger partial charge >= 0.3 is 12.1 Å². The molecule has 11 heteroatoms. The first-order valence-corrected chi connectivity index (χ1v) is 9.48. The van der Waals surface area contributed by atoms with Crippen LogP contribution < -0.4 is 11.1 Å². The van der Waals surface area contributed by atoms with Crippen molar-refractivity contribution < 1.29 is 27.5 Å². The van der Waals surface area contributed by atoms with Crippen molar-refractivity contribution in [3.8, 4) is 0 Å². The van der Waals surface area contributed by atoms with Gasteiger partial charge in [-0.2, -0.15) is 13.2 Å². The molecule has 0 radical (unpaired) electrons. The first-order valence-electron chi connectivity index (χ1n) is 8.60. The van der Waals surface area contributed by atoms with Crippen LogP contribution in [0.2, 0.25) is 0 Å². The van der Waals surface area contributed by atoms with Crippen LogP contribution in [0, 0.1) is 0 Å². The number of carbonyl (C=O) groups is 2. The highest BCUT2D eigenvalue weighted by Crippen LogP contribution is 2.35. The van der Waals surface area contributed by atoms with Crippen LogP contribution in [0.3, 0.4) is 0 Å². The number of hydrogen-bond donors (Lipinski definition) is 2. The van der Waals surface area contributed by atoms with Gasteiger partial charge in [-0.1, -0.05) is 30.8 Å². The summed E-state index contributed by atoms with van der Waals surface area (Å²) in [6.07, 6.45) is -3.11. The Bertz CT molecular complexity index is 893. The van der Waals surface area contributed by atoms with Crippen LogP contribution in [0.4, 0.5) is 24.7 Å². The number of nitrogens with two attached hydrogens (primary N) is 1. The SMILES string of the molecule is CCOC(=O)c1cnc(S[C@H](CC)C(=O)Nc2ccccc2C(F)(F)F)nc1N. The molecule has 0 aliphatic heterocycles. The molecular weight excluding hydrogens is 409 g/mol. The van der Waals surface area contributed by atoms with Crippen molar-refractivity contribution in [1.29, 1.82) is 0 Å². The van der Waals surface area contributed by atoms with Crippen LogP contribution in [0.5, 0.6) is 0 Å². The molecule has 2 rings (SSSR count). The van der Waals surface area contributed by atoms with Crippen molar-refractivity contribution in [3.63, 3.8) is 0 Å². The maximum Gasteiger partial charge on any atom is 0.418 e. The fourth-order valence-corrected chi connectivity index (χ4v) is 3.15. The second-order valence-corrected chi connectivity index (χ2v) is 6.89. The molecule has 1 heterocycles. The molecule has 1 aromatic carbocycles. The van der Waals surface area contributed by atoms with E-state index in [1.165, 1.54) is 24.4 Å². The highest BCUT2D eigenvalue weighted by atomic mass is 32.2. The van der Waals surface area contributed by atoms with E-state index < -0.39 is 28.9 Å². The summed E-state index contributed by atoms with van der Waals surface area (Å²) in [5.74, 6) is -1.42. The molecule has 1 aromatic heterocycles. The average molecular weight is 428 g/mol. The standard InChI is InChI=1S/C18H19F3N4O3S/c1-3-13(15(26)24-12-8-6-5-7-11(12)18(19,20)21)29-17-23-9-10(14(22)25-17)16(27)28-4-2/h5-9,13H,3-4H2,1-2H3,(H,24,26)(H2,22,23,25)/t13-/m1/s1. The van der Waals surface area contributed by atoms with Crippen LogP contribution >= 0.6 is 11.8 Å². The lowest BCUT2D eigenvalue weighted by Crippen LogP contribution is -2.26. The van der Waals surface area contributed by atoms with E-state index in [0.29, 0.717) is 6.42 Å². The van der Waals surface area contributed by atoms with E-state index in [9.17, 15) is 22.8 Å². The van der Waals surface area contributed by atoms with Crippen LogP contribution in [-0.4, -0.2) is 33.7 Å². The number of halogens is 3. The van der Waals surface area contributed by atoms with Gasteiger partial charge in [0.25, 0.3) is 0 Å². The maximum atomic E-state index is 13.1. The Kier molecular flexibility index (Phi) is 7.43. The quantitative estimate of drug-likeness (QED) is 0.393. The van der Waals surface area contributed by atoms with Gasteiger partial charge in [-0.15, -0.1) is 0 Å². The van der Waals surface area contributed by atoms with Crippen molar-refractivity contribution in [3.05, 3.63) is 41.6 Å². The van der Waals surface area contributed by atoms with E-state index in [1.807, 2.05) is 0 Å². The van der Waals surface area contributed by atoms with Crippen LogP contribution in [-0.2, 0) is 15.7 Å². The number of aromatic nitrogens is 2. The number of nitrogens with one attached hydrogen (secondary N) is 1. The number of ether oxygens (including phenoxy) is 1. The monoisotopic (exact) mass is 428 g/mol. The summed E-state index contributed by atoms with van der Waals surface area (Å²) in [7, 11) is 0. The topological polar surface area (TPSA) is 107 Å². The molecular formula is C18H19F3N4O3S. The zero-order valence-corrected chi connectivity index (χ0v) is 16.4. The summed E-state index contributed by atoms with van der Waals surface area (Å²) in [6, 6.07) is 4.71. The minimum absolute atomic E-state index is 0.00666. The molecule has 0 bridgehead atoms. The Labute approximate surface area is 169 Å². The number of benzene rings is 1. The first-order chi connectivity index (χ1) is 13.7. The molecule has 156 valence electrons. The lowest BCUT2D eigenvalue weighted by atomic mass is 10.1. The van der Waals surface area contributed by atoms with E-state index in [2.05, 4.69) is 15.3 Å². The van der Waals surface area contributed by atoms with Gasteiger partial charge in [-0.05, 0) is 25.5 Å². The number of hydrogen-bond acceptors (Lipinski definition) is 7. The van der Waals surface area contributed by atoms with E-state index in [0.717, 1.165) is 17.8 Å². The molecule has 0 saturated carbocycles. The molecule has 1 atom stereocenters. The number of alkyl halides is 3. The summed E-state index contributed by atoms with van der Waals surface area (Å²) in [6.45, 7) is 3.50. The lowest BCUT2D eigenvalue weighted by Gasteiger charge is -2.17. The number of anilines is 2. The van der Waals surface area contributed by atoms with Gasteiger partial charge in [0.05, 0.1) is 23.1 Å². The van der Waals surface area contributed by atoms with Gasteiger partial charge in [-0.25, -0.2) is 14.8 Å². The summed E-state index contributed by atoms with van der Waals surface area (Å²) in [5, 5.41) is 1.65. The van der Waals surface area contributed by atoms with Crippen molar-refractivity contribution in [2.45, 2.75) is 36.9 Å². The molecule has 2 aromatic rings. The molecule has 0 spiro atoms. The molecule has 1 amide bonds. The second kappa shape index (κ2) is 9.59. The molecule has 7 nitrogen and oxygen atoms in total. The van der Waals surface area contributed by atoms with Crippen LogP contribution in [0.1, 0.15) is 36.2 Å². The summed E-state index contributed by atoms with van der Waals surface area (Å²) in [5.41, 5.74) is 4.47. The van der Waals surface area contributed by atoms with E-state index >= 15 is 0 Å². The summed E-state index contributed by atoms with van der Waals surface area (Å²) in [4.78, 5) is 32.2. The molecule has 0 aliphatic rings. The van der Waals surface area contributed by atoms with Crippen LogP contribution in [0.15, 0.2) is 35.6 Å². The average Bonchev–Trinajstić information content (AvgIpc) is 2.65. The lowest BCUT2D eigenvalue weighted by molar-refractivity contribution is -0.137. The van der Waals surface area contributed by atoms with Crippen molar-refractivity contribution in [2.75, 3.05) is 17.7 Å². The number of esters is 1. The minimum Gasteiger partial charge on any atom is -0.462 e. The Hall–Kier alpha value is -2.82. The number of thioether (sulfide) groups is 1. The molecule has 29 heavy (non-hydrogen) atoms. The van der Waals surface area contributed by atoms with Gasteiger partial charge < -0.3 is 15.8 Å². The van der Waals surface area contributed by atoms with E-state index in [4.69, 9.17) is 10.5 Å². The fourth-order valence-electron chi connectivity index (χ4n) is 2.30. The zero-order valence-electron chi connectivity index (χ0n) is 15.6. The van der Waals surface area contributed by atoms with Gasteiger partial charge in [0.2, 0.25) is 5.91 Å². The zero-order chi connectivity index (χ0) is 21.6. The number of nitrogens with zero attached hydrogens (tertiary/aromatic N) is 2. The Morgan fingerprint density at radius 2 is 1.97 bits per heavy atom. The highest BCUT2D eigenvalue weighted by molar-refractivity contribution is 8.00. The van der Waals surface area contributed by atoms with E-state index in [1.54, 1.807) is 13.8 Å². The maximum absolute atomic E-state index is 13.1. The number of rotatable bonds is 7. The third-order valence-electron chi connectivity index (χ3n) is 3.69. The third-order valence-corrected chi connectivity index (χ3v) is 4.93. The third kappa shape index (κ3) is 5.83. The van der Waals surface area contributed by atoms with Gasteiger partial charge in [0, 0.05) is 6.20 Å². The van der Waals surface area contributed by atoms with Gasteiger partial charge in [0.1, 0.15) is 11.4 Å². The van der Waals surface area contributed by atoms with Crippen molar-refractivity contribution in [1.82, 2.24) is 9.97 Å². The number of amides is 1. The number of para-hydroxylation sites is 1. The second-order valence-electron chi connectivity index (χ2n) is 5.72. The smallest absolute Gasteiger partial charge is 0.418 e. The van der Waals surface area contributed by atoms with Gasteiger partial charge in [0.15, 0.2) is 5.16 Å². The predicted octanol–water partition coefficient (Wildman–Crippen LogP) is 3.76. The van der Waals surface area contributed by atoms with Crippen molar-refractivity contribution >= 4 is 35.1 Å². The van der Waals surface area contributed by atoms with Gasteiger partial charge in [-0.3, -0.25) is 4.79 Å². The molecule has 3 N–H and O–H groups in total. The highest BCUT2D eigenvalue weighted by Gasteiger charge is 2.34. The number of carbonyl (C=O) groups excluding carboxylic acids is 2. The Morgan fingerprint density at radius 3 is 2.55 bits per heavy atom. The molecule has 0 saturated heterocycles. The summed E-state index contributed by atoms with van der Waals surface area (Å²) >= 11 is 0.930. The largest absolute Gasteiger partial charge is 0.462 e. The molecule has 0 fully saturated rings. The Balaban J connectivity index is 2.16.